The molecule has 0 aliphatic carbocycles. The fraction of sp³-hybridized carbons (Fsp3) is 0.625. The van der Waals surface area contributed by atoms with Crippen LogP contribution in [0, 0.1) is 20.8 Å². The molecule has 0 aromatic heterocycles. The highest BCUT2D eigenvalue weighted by molar-refractivity contribution is 5.38. The zero-order valence-electron chi connectivity index (χ0n) is 12.2. The molecule has 1 aromatic rings. The minimum absolute atomic E-state index is 0.696. The standard InChI is InChI=1S/C16H26N2/c1-12-7-8-15(14(3)13(12)2)10-18(4)11-16-6-5-9-17-16/h7-8,16-17H,5-6,9-11H2,1-4H3. The molecule has 0 spiro atoms. The smallest absolute Gasteiger partial charge is 0.0234 e. The van der Waals surface area contributed by atoms with Crippen LogP contribution in [0.25, 0.3) is 0 Å². The molecule has 1 fully saturated rings. The lowest BCUT2D eigenvalue weighted by Gasteiger charge is -2.22. The Bertz CT molecular complexity index is 406. The minimum Gasteiger partial charge on any atom is -0.313 e. The van der Waals surface area contributed by atoms with Crippen molar-refractivity contribution in [2.24, 2.45) is 0 Å². The van der Waals surface area contributed by atoms with E-state index in [9.17, 15) is 0 Å². The summed E-state index contributed by atoms with van der Waals surface area (Å²) in [7, 11) is 2.23. The Hall–Kier alpha value is -0.860. The average Bonchev–Trinajstić information content (AvgIpc) is 2.83. The first-order valence-corrected chi connectivity index (χ1v) is 7.05. The molecule has 2 heteroatoms. The molecule has 0 amide bonds. The summed E-state index contributed by atoms with van der Waals surface area (Å²) in [5.41, 5.74) is 5.77. The summed E-state index contributed by atoms with van der Waals surface area (Å²) >= 11 is 0. The molecule has 2 nitrogen and oxygen atoms in total. The largest absolute Gasteiger partial charge is 0.313 e. The van der Waals surface area contributed by atoms with Crippen molar-refractivity contribution in [3.8, 4) is 0 Å². The van der Waals surface area contributed by atoms with E-state index in [0.717, 1.165) is 13.1 Å². The van der Waals surface area contributed by atoms with E-state index in [1.54, 1.807) is 0 Å². The summed E-state index contributed by atoms with van der Waals surface area (Å²) in [6.07, 6.45) is 2.66. The normalized spacial score (nSPS) is 19.7. The van der Waals surface area contributed by atoms with Crippen molar-refractivity contribution in [2.75, 3.05) is 20.1 Å². The van der Waals surface area contributed by atoms with E-state index in [1.165, 1.54) is 41.6 Å². The highest BCUT2D eigenvalue weighted by atomic mass is 15.1. The molecule has 1 aliphatic rings. The summed E-state index contributed by atoms with van der Waals surface area (Å²) < 4.78 is 0. The van der Waals surface area contributed by atoms with Crippen LogP contribution >= 0.6 is 0 Å². The van der Waals surface area contributed by atoms with E-state index < -0.39 is 0 Å². The van der Waals surface area contributed by atoms with E-state index in [1.807, 2.05) is 0 Å². The lowest BCUT2D eigenvalue weighted by molar-refractivity contribution is 0.292. The van der Waals surface area contributed by atoms with Gasteiger partial charge in [-0.1, -0.05) is 12.1 Å². The monoisotopic (exact) mass is 246 g/mol. The quantitative estimate of drug-likeness (QED) is 0.879. The van der Waals surface area contributed by atoms with Crippen LogP contribution in [0.15, 0.2) is 12.1 Å². The van der Waals surface area contributed by atoms with Gasteiger partial charge in [0.15, 0.2) is 0 Å². The van der Waals surface area contributed by atoms with Gasteiger partial charge in [0.2, 0.25) is 0 Å². The van der Waals surface area contributed by atoms with Crippen LogP contribution in [0.5, 0.6) is 0 Å². The third-order valence-corrected chi connectivity index (χ3v) is 4.30. The van der Waals surface area contributed by atoms with Crippen LogP contribution in [-0.4, -0.2) is 31.1 Å². The highest BCUT2D eigenvalue weighted by Crippen LogP contribution is 2.18. The molecule has 0 saturated carbocycles. The van der Waals surface area contributed by atoms with Crippen LogP contribution in [0.1, 0.15) is 35.1 Å². The van der Waals surface area contributed by atoms with E-state index in [-0.39, 0.29) is 0 Å². The number of hydrogen-bond acceptors (Lipinski definition) is 2. The molecule has 0 radical (unpaired) electrons. The second-order valence-electron chi connectivity index (χ2n) is 5.78. The maximum atomic E-state index is 3.57. The average molecular weight is 246 g/mol. The van der Waals surface area contributed by atoms with Crippen molar-refractivity contribution in [1.82, 2.24) is 10.2 Å². The Kier molecular flexibility index (Phi) is 4.41. The number of aryl methyl sites for hydroxylation is 1. The van der Waals surface area contributed by atoms with Crippen molar-refractivity contribution < 1.29 is 0 Å². The summed E-state index contributed by atoms with van der Waals surface area (Å²) in [5, 5.41) is 3.57. The summed E-state index contributed by atoms with van der Waals surface area (Å²) in [4.78, 5) is 2.44. The third kappa shape index (κ3) is 3.12. The predicted octanol–water partition coefficient (Wildman–Crippen LogP) is 2.80. The first kappa shape index (κ1) is 13.6. The molecular formula is C16H26N2. The Morgan fingerprint density at radius 3 is 2.67 bits per heavy atom. The van der Waals surface area contributed by atoms with Gasteiger partial charge in [-0.05, 0) is 69.5 Å². The van der Waals surface area contributed by atoms with Crippen molar-refractivity contribution in [3.05, 3.63) is 34.4 Å². The lowest BCUT2D eigenvalue weighted by Crippen LogP contribution is -2.35. The number of rotatable bonds is 4. The number of likely N-dealkylation sites (N-methyl/N-ethyl adjacent to an activating group) is 1. The fourth-order valence-corrected chi connectivity index (χ4v) is 2.83. The van der Waals surface area contributed by atoms with Crippen molar-refractivity contribution in [1.29, 1.82) is 0 Å². The molecule has 100 valence electrons. The zero-order valence-corrected chi connectivity index (χ0v) is 12.2. The molecule has 2 rings (SSSR count). The molecule has 1 aliphatic heterocycles. The minimum atomic E-state index is 0.696. The van der Waals surface area contributed by atoms with Gasteiger partial charge in [0.25, 0.3) is 0 Å². The van der Waals surface area contributed by atoms with Gasteiger partial charge in [-0.25, -0.2) is 0 Å². The second kappa shape index (κ2) is 5.85. The topological polar surface area (TPSA) is 15.3 Å². The van der Waals surface area contributed by atoms with Crippen molar-refractivity contribution in [3.63, 3.8) is 0 Å². The van der Waals surface area contributed by atoms with Gasteiger partial charge < -0.3 is 10.2 Å². The van der Waals surface area contributed by atoms with Gasteiger partial charge in [-0.3, -0.25) is 0 Å². The predicted molar refractivity (Wildman–Crippen MR) is 78.0 cm³/mol. The molecule has 1 saturated heterocycles. The number of benzene rings is 1. The van der Waals surface area contributed by atoms with Crippen molar-refractivity contribution in [2.45, 2.75) is 46.2 Å². The molecule has 1 N–H and O–H groups in total. The Balaban J connectivity index is 1.98. The molecule has 1 atom stereocenters. The van der Waals surface area contributed by atoms with Crippen LogP contribution in [0.4, 0.5) is 0 Å². The molecule has 1 heterocycles. The van der Waals surface area contributed by atoms with Gasteiger partial charge in [-0.15, -0.1) is 0 Å². The molecular weight excluding hydrogens is 220 g/mol. The van der Waals surface area contributed by atoms with Gasteiger partial charge in [0, 0.05) is 19.1 Å². The Morgan fingerprint density at radius 1 is 1.22 bits per heavy atom. The summed E-state index contributed by atoms with van der Waals surface area (Å²) in [5.74, 6) is 0. The van der Waals surface area contributed by atoms with Crippen LogP contribution < -0.4 is 5.32 Å². The maximum Gasteiger partial charge on any atom is 0.0234 e. The lowest BCUT2D eigenvalue weighted by atomic mass is 9.98. The SMILES string of the molecule is Cc1ccc(CN(C)CC2CCCN2)c(C)c1C. The van der Waals surface area contributed by atoms with Gasteiger partial charge in [-0.2, -0.15) is 0 Å². The molecule has 1 unspecified atom stereocenters. The third-order valence-electron chi connectivity index (χ3n) is 4.30. The first-order valence-electron chi connectivity index (χ1n) is 7.05. The Morgan fingerprint density at radius 2 is 2.00 bits per heavy atom. The van der Waals surface area contributed by atoms with Gasteiger partial charge >= 0.3 is 0 Å². The van der Waals surface area contributed by atoms with Crippen LogP contribution in [0.3, 0.4) is 0 Å². The first-order chi connectivity index (χ1) is 8.58. The second-order valence-corrected chi connectivity index (χ2v) is 5.78. The molecule has 18 heavy (non-hydrogen) atoms. The number of nitrogens with zero attached hydrogens (tertiary/aromatic N) is 1. The van der Waals surface area contributed by atoms with E-state index in [0.29, 0.717) is 6.04 Å². The number of hydrogen-bond donors (Lipinski definition) is 1. The van der Waals surface area contributed by atoms with Gasteiger partial charge in [0.1, 0.15) is 0 Å². The van der Waals surface area contributed by atoms with Crippen LogP contribution in [-0.2, 0) is 6.54 Å². The molecule has 1 aromatic carbocycles. The zero-order chi connectivity index (χ0) is 13.1. The molecule has 0 bridgehead atoms. The van der Waals surface area contributed by atoms with E-state index in [4.69, 9.17) is 0 Å². The Labute approximate surface area is 111 Å². The van der Waals surface area contributed by atoms with Crippen LogP contribution in [0.2, 0.25) is 0 Å². The maximum absolute atomic E-state index is 3.57. The summed E-state index contributed by atoms with van der Waals surface area (Å²) in [6, 6.07) is 5.23. The van der Waals surface area contributed by atoms with E-state index >= 15 is 0 Å². The van der Waals surface area contributed by atoms with Crippen molar-refractivity contribution >= 4 is 0 Å². The number of nitrogens with one attached hydrogen (secondary N) is 1. The highest BCUT2D eigenvalue weighted by Gasteiger charge is 2.16. The van der Waals surface area contributed by atoms with Gasteiger partial charge in [0.05, 0.1) is 0 Å². The summed E-state index contributed by atoms with van der Waals surface area (Å²) in [6.45, 7) is 10.1. The van der Waals surface area contributed by atoms with E-state index in [2.05, 4.69) is 50.2 Å². The fourth-order valence-electron chi connectivity index (χ4n) is 2.83.